The van der Waals surface area contributed by atoms with Gasteiger partial charge in [0.2, 0.25) is 0 Å². The second-order valence-corrected chi connectivity index (χ2v) is 3.69. The summed E-state index contributed by atoms with van der Waals surface area (Å²) in [6, 6.07) is 6.12. The monoisotopic (exact) mass is 224 g/mol. The number of methoxy groups -OCH3 is 2. The first kappa shape index (κ1) is 12.6. The van der Waals surface area contributed by atoms with Crippen molar-refractivity contribution in [3.63, 3.8) is 0 Å². The molecule has 0 fully saturated rings. The molecule has 1 unspecified atom stereocenters. The number of ether oxygens (including phenoxy) is 2. The van der Waals surface area contributed by atoms with Gasteiger partial charge in [0.15, 0.2) is 11.5 Å². The van der Waals surface area contributed by atoms with Crippen LogP contribution in [0.25, 0.3) is 0 Å². The smallest absolute Gasteiger partial charge is 0.162 e. The maximum Gasteiger partial charge on any atom is 0.162 e. The van der Waals surface area contributed by atoms with Crippen LogP contribution in [0.15, 0.2) is 18.2 Å². The second kappa shape index (κ2) is 6.23. The highest BCUT2D eigenvalue weighted by Gasteiger charge is 2.06. The zero-order chi connectivity index (χ0) is 12.0. The van der Waals surface area contributed by atoms with Crippen LogP contribution in [0.4, 0.5) is 5.69 Å². The summed E-state index contributed by atoms with van der Waals surface area (Å²) >= 11 is 0. The average Bonchev–Trinajstić information content (AvgIpc) is 2.29. The third-order valence-corrected chi connectivity index (χ3v) is 2.40. The van der Waals surface area contributed by atoms with Gasteiger partial charge in [0, 0.05) is 17.8 Å². The molecule has 0 saturated heterocycles. The Balaban J connectivity index is 2.74. The third-order valence-electron chi connectivity index (χ3n) is 2.40. The van der Waals surface area contributed by atoms with Crippen LogP contribution in [0.2, 0.25) is 0 Å². The summed E-state index contributed by atoms with van der Waals surface area (Å²) in [5.74, 6) is 1.46. The minimum absolute atomic E-state index is 0.350. The molecule has 0 aliphatic heterocycles. The molecule has 0 aromatic heterocycles. The van der Waals surface area contributed by atoms with Crippen molar-refractivity contribution in [2.75, 3.05) is 26.1 Å². The fourth-order valence-electron chi connectivity index (χ4n) is 1.53. The van der Waals surface area contributed by atoms with E-state index in [1.54, 1.807) is 14.2 Å². The van der Waals surface area contributed by atoms with Gasteiger partial charge < -0.3 is 20.5 Å². The molecular weight excluding hydrogens is 204 g/mol. The molecule has 0 heterocycles. The Hall–Kier alpha value is -1.42. The highest BCUT2D eigenvalue weighted by atomic mass is 16.5. The molecule has 0 saturated carbocycles. The van der Waals surface area contributed by atoms with Crippen LogP contribution in [-0.2, 0) is 0 Å². The lowest BCUT2D eigenvalue weighted by Gasteiger charge is -2.16. The van der Waals surface area contributed by atoms with Gasteiger partial charge in [-0.05, 0) is 32.0 Å². The molecule has 1 aromatic rings. The van der Waals surface area contributed by atoms with Crippen molar-refractivity contribution in [2.45, 2.75) is 19.4 Å². The molecule has 0 spiro atoms. The average molecular weight is 224 g/mol. The zero-order valence-electron chi connectivity index (χ0n) is 10.1. The zero-order valence-corrected chi connectivity index (χ0v) is 10.1. The van der Waals surface area contributed by atoms with Crippen LogP contribution < -0.4 is 20.5 Å². The van der Waals surface area contributed by atoms with Gasteiger partial charge >= 0.3 is 0 Å². The highest BCUT2D eigenvalue weighted by molar-refractivity contribution is 5.55. The summed E-state index contributed by atoms with van der Waals surface area (Å²) in [5, 5.41) is 3.35. The van der Waals surface area contributed by atoms with Gasteiger partial charge in [0.1, 0.15) is 0 Å². The lowest BCUT2D eigenvalue weighted by atomic mass is 10.2. The van der Waals surface area contributed by atoms with Crippen LogP contribution in [-0.4, -0.2) is 26.8 Å². The third kappa shape index (κ3) is 3.31. The first-order valence-corrected chi connectivity index (χ1v) is 5.40. The molecule has 3 N–H and O–H groups in total. The molecule has 0 bridgehead atoms. The molecule has 4 heteroatoms. The van der Waals surface area contributed by atoms with Gasteiger partial charge in [-0.2, -0.15) is 0 Å². The number of nitrogens with one attached hydrogen (secondary N) is 1. The molecule has 0 radical (unpaired) electrons. The van der Waals surface area contributed by atoms with Crippen LogP contribution >= 0.6 is 0 Å². The van der Waals surface area contributed by atoms with Crippen molar-refractivity contribution < 1.29 is 9.47 Å². The SMILES string of the molecule is COc1ccc(NC(C)CCN)cc1OC. The molecule has 16 heavy (non-hydrogen) atoms. The predicted molar refractivity (Wildman–Crippen MR) is 66.3 cm³/mol. The van der Waals surface area contributed by atoms with E-state index in [0.29, 0.717) is 12.6 Å². The van der Waals surface area contributed by atoms with E-state index < -0.39 is 0 Å². The van der Waals surface area contributed by atoms with Gasteiger partial charge in [-0.1, -0.05) is 0 Å². The van der Waals surface area contributed by atoms with Gasteiger partial charge in [0.25, 0.3) is 0 Å². The number of rotatable bonds is 6. The van der Waals surface area contributed by atoms with Crippen LogP contribution in [0.3, 0.4) is 0 Å². The van der Waals surface area contributed by atoms with E-state index in [4.69, 9.17) is 15.2 Å². The standard InChI is InChI=1S/C12H20N2O2/c1-9(6-7-13)14-10-4-5-11(15-2)12(8-10)16-3/h4-5,8-9,14H,6-7,13H2,1-3H3. The van der Waals surface area contributed by atoms with Crippen molar-refractivity contribution in [3.8, 4) is 11.5 Å². The minimum Gasteiger partial charge on any atom is -0.493 e. The van der Waals surface area contributed by atoms with E-state index in [1.165, 1.54) is 0 Å². The summed E-state index contributed by atoms with van der Waals surface area (Å²) in [6.45, 7) is 2.78. The summed E-state index contributed by atoms with van der Waals surface area (Å²) in [4.78, 5) is 0. The van der Waals surface area contributed by atoms with Gasteiger partial charge in [-0.25, -0.2) is 0 Å². The first-order valence-electron chi connectivity index (χ1n) is 5.40. The van der Waals surface area contributed by atoms with Crippen LogP contribution in [0.5, 0.6) is 11.5 Å². The van der Waals surface area contributed by atoms with Crippen molar-refractivity contribution in [3.05, 3.63) is 18.2 Å². The van der Waals surface area contributed by atoms with Crippen molar-refractivity contribution >= 4 is 5.69 Å². The Morgan fingerprint density at radius 2 is 1.94 bits per heavy atom. The maximum absolute atomic E-state index is 5.50. The van der Waals surface area contributed by atoms with Crippen molar-refractivity contribution in [2.24, 2.45) is 5.73 Å². The van der Waals surface area contributed by atoms with E-state index in [-0.39, 0.29) is 0 Å². The van der Waals surface area contributed by atoms with E-state index in [1.807, 2.05) is 18.2 Å². The molecule has 0 amide bonds. The Labute approximate surface area is 96.7 Å². The first-order chi connectivity index (χ1) is 7.71. The topological polar surface area (TPSA) is 56.5 Å². The van der Waals surface area contributed by atoms with E-state index >= 15 is 0 Å². The lowest BCUT2D eigenvalue weighted by molar-refractivity contribution is 0.355. The van der Waals surface area contributed by atoms with Crippen molar-refractivity contribution in [1.82, 2.24) is 0 Å². The number of benzene rings is 1. The van der Waals surface area contributed by atoms with Gasteiger partial charge in [-0.15, -0.1) is 0 Å². The normalized spacial score (nSPS) is 12.0. The fraction of sp³-hybridized carbons (Fsp3) is 0.500. The quantitative estimate of drug-likeness (QED) is 0.774. The molecule has 90 valence electrons. The fourth-order valence-corrected chi connectivity index (χ4v) is 1.53. The maximum atomic E-state index is 5.50. The number of hydrogen-bond acceptors (Lipinski definition) is 4. The largest absolute Gasteiger partial charge is 0.493 e. The lowest BCUT2D eigenvalue weighted by Crippen LogP contribution is -2.19. The Bertz CT molecular complexity index is 329. The summed E-state index contributed by atoms with van der Waals surface area (Å²) in [7, 11) is 3.26. The predicted octanol–water partition coefficient (Wildman–Crippen LogP) is 1.85. The summed E-state index contributed by atoms with van der Waals surface area (Å²) in [6.07, 6.45) is 0.939. The van der Waals surface area contributed by atoms with Gasteiger partial charge in [-0.3, -0.25) is 0 Å². The van der Waals surface area contributed by atoms with E-state index in [9.17, 15) is 0 Å². The van der Waals surface area contributed by atoms with Crippen LogP contribution in [0, 0.1) is 0 Å². The second-order valence-electron chi connectivity index (χ2n) is 3.69. The minimum atomic E-state index is 0.350. The molecule has 0 aliphatic carbocycles. The number of anilines is 1. The van der Waals surface area contributed by atoms with Gasteiger partial charge in [0.05, 0.1) is 14.2 Å². The number of nitrogens with two attached hydrogens (primary N) is 1. The molecular formula is C12H20N2O2. The summed E-state index contributed by atoms with van der Waals surface area (Å²) < 4.78 is 10.4. The molecule has 0 aliphatic rings. The molecule has 1 atom stereocenters. The summed E-state index contributed by atoms with van der Waals surface area (Å²) in [5.41, 5.74) is 6.51. The number of hydrogen-bond donors (Lipinski definition) is 2. The Kier molecular flexibility index (Phi) is 4.92. The van der Waals surface area contributed by atoms with Crippen molar-refractivity contribution in [1.29, 1.82) is 0 Å². The molecule has 4 nitrogen and oxygen atoms in total. The van der Waals surface area contributed by atoms with Crippen LogP contribution in [0.1, 0.15) is 13.3 Å². The Morgan fingerprint density at radius 1 is 1.25 bits per heavy atom. The Morgan fingerprint density at radius 3 is 2.50 bits per heavy atom. The van der Waals surface area contributed by atoms with E-state index in [2.05, 4.69) is 12.2 Å². The van der Waals surface area contributed by atoms with E-state index in [0.717, 1.165) is 23.6 Å². The molecule has 1 rings (SSSR count). The highest BCUT2D eigenvalue weighted by Crippen LogP contribution is 2.29. The molecule has 1 aromatic carbocycles.